The fraction of sp³-hybridized carbons (Fsp3) is 0. The topological polar surface area (TPSA) is 25.8 Å². The number of rotatable bonds is 6. The van der Waals surface area contributed by atoms with Crippen LogP contribution in [-0.4, -0.2) is 9.97 Å². The Hall–Kier alpha value is -7.16. The largest absolute Gasteiger partial charge is 0.228 e. The van der Waals surface area contributed by atoms with Gasteiger partial charge in [-0.25, -0.2) is 9.97 Å². The zero-order valence-corrected chi connectivity index (χ0v) is 29.5. The van der Waals surface area contributed by atoms with Gasteiger partial charge in [-0.15, -0.1) is 0 Å². The van der Waals surface area contributed by atoms with Crippen molar-refractivity contribution in [2.45, 2.75) is 0 Å². The Morgan fingerprint density at radius 3 is 1.56 bits per heavy atom. The molecule has 0 aliphatic heterocycles. The molecule has 0 amide bonds. The van der Waals surface area contributed by atoms with Gasteiger partial charge in [0.25, 0.3) is 0 Å². The number of aromatic nitrogens is 2. The first-order chi connectivity index (χ1) is 26.8. The molecule has 0 aliphatic rings. The summed E-state index contributed by atoms with van der Waals surface area (Å²) in [5.41, 5.74) is 12.0. The standard InChI is InChI=1S/C52H34N2/c1-3-13-35(14-4-1)36-23-25-38(26-24-36)43-19-11-12-22-46(43)50-34-49(53-52(54-50)41-16-5-2-6-17-41)39-27-29-40(30-28-39)51-45-21-10-8-18-42(45)33-48-44-20-9-7-15-37(44)31-32-47(48)51/h1-34H. The third-order valence-corrected chi connectivity index (χ3v) is 10.5. The first-order valence-corrected chi connectivity index (χ1v) is 18.4. The summed E-state index contributed by atoms with van der Waals surface area (Å²) in [6.45, 7) is 0. The van der Waals surface area contributed by atoms with E-state index in [9.17, 15) is 0 Å². The van der Waals surface area contributed by atoms with Crippen molar-refractivity contribution in [3.8, 4) is 67.3 Å². The molecular weight excluding hydrogens is 653 g/mol. The molecule has 9 aromatic carbocycles. The van der Waals surface area contributed by atoms with E-state index in [0.29, 0.717) is 5.82 Å². The molecule has 1 aromatic heterocycles. The molecule has 0 radical (unpaired) electrons. The van der Waals surface area contributed by atoms with Crippen LogP contribution in [0.4, 0.5) is 0 Å². The van der Waals surface area contributed by atoms with Gasteiger partial charge in [-0.1, -0.05) is 194 Å². The average molecular weight is 687 g/mol. The van der Waals surface area contributed by atoms with Gasteiger partial charge in [0.15, 0.2) is 5.82 Å². The van der Waals surface area contributed by atoms with Crippen LogP contribution in [0.2, 0.25) is 0 Å². The molecule has 0 spiro atoms. The Bertz CT molecular complexity index is 2950. The van der Waals surface area contributed by atoms with Crippen molar-refractivity contribution in [1.82, 2.24) is 9.97 Å². The number of fused-ring (bicyclic) bond motifs is 4. The van der Waals surface area contributed by atoms with Crippen molar-refractivity contribution in [3.05, 3.63) is 206 Å². The third kappa shape index (κ3) is 5.71. The van der Waals surface area contributed by atoms with Crippen molar-refractivity contribution < 1.29 is 0 Å². The Morgan fingerprint density at radius 2 is 0.796 bits per heavy atom. The zero-order chi connectivity index (χ0) is 35.8. The number of nitrogens with zero attached hydrogens (tertiary/aromatic N) is 2. The summed E-state index contributed by atoms with van der Waals surface area (Å²) in [5.74, 6) is 0.702. The zero-order valence-electron chi connectivity index (χ0n) is 29.5. The molecule has 0 saturated heterocycles. The van der Waals surface area contributed by atoms with Gasteiger partial charge in [-0.05, 0) is 77.8 Å². The second kappa shape index (κ2) is 13.4. The van der Waals surface area contributed by atoms with Crippen LogP contribution in [0.25, 0.3) is 99.6 Å². The van der Waals surface area contributed by atoms with E-state index >= 15 is 0 Å². The van der Waals surface area contributed by atoms with Gasteiger partial charge in [0.2, 0.25) is 0 Å². The minimum atomic E-state index is 0.702. The van der Waals surface area contributed by atoms with Crippen molar-refractivity contribution in [1.29, 1.82) is 0 Å². The van der Waals surface area contributed by atoms with Crippen molar-refractivity contribution in [2.75, 3.05) is 0 Å². The maximum atomic E-state index is 5.20. The lowest BCUT2D eigenvalue weighted by atomic mass is 9.89. The monoisotopic (exact) mass is 686 g/mol. The number of hydrogen-bond acceptors (Lipinski definition) is 2. The van der Waals surface area contributed by atoms with Crippen LogP contribution in [0.1, 0.15) is 0 Å². The molecular formula is C52H34N2. The van der Waals surface area contributed by atoms with Crippen molar-refractivity contribution in [3.63, 3.8) is 0 Å². The Kier molecular flexibility index (Phi) is 7.85. The minimum absolute atomic E-state index is 0.702. The quantitative estimate of drug-likeness (QED) is 0.129. The lowest BCUT2D eigenvalue weighted by molar-refractivity contribution is 1.18. The van der Waals surface area contributed by atoms with Gasteiger partial charge in [-0.2, -0.15) is 0 Å². The van der Waals surface area contributed by atoms with Gasteiger partial charge in [0.05, 0.1) is 11.4 Å². The molecule has 0 unspecified atom stereocenters. The van der Waals surface area contributed by atoms with Crippen LogP contribution in [0, 0.1) is 0 Å². The predicted octanol–water partition coefficient (Wildman–Crippen LogP) is 13.9. The molecule has 2 nitrogen and oxygen atoms in total. The van der Waals surface area contributed by atoms with E-state index < -0.39 is 0 Å². The Labute approximate surface area is 314 Å². The molecule has 0 saturated carbocycles. The Balaban J connectivity index is 1.10. The van der Waals surface area contributed by atoms with Crippen LogP contribution in [0.5, 0.6) is 0 Å². The lowest BCUT2D eigenvalue weighted by Gasteiger charge is -2.15. The molecule has 0 bridgehead atoms. The van der Waals surface area contributed by atoms with E-state index in [2.05, 4.69) is 188 Å². The number of benzene rings is 9. The molecule has 2 heteroatoms. The molecule has 10 aromatic rings. The van der Waals surface area contributed by atoms with Gasteiger partial charge in [-0.3, -0.25) is 0 Å². The fourth-order valence-electron chi connectivity index (χ4n) is 7.82. The molecule has 0 atom stereocenters. The summed E-state index contributed by atoms with van der Waals surface area (Å²) < 4.78 is 0. The smallest absolute Gasteiger partial charge is 0.160 e. The molecule has 0 fully saturated rings. The fourth-order valence-corrected chi connectivity index (χ4v) is 7.82. The third-order valence-electron chi connectivity index (χ3n) is 10.5. The Morgan fingerprint density at radius 1 is 0.259 bits per heavy atom. The summed E-state index contributed by atoms with van der Waals surface area (Å²) in [6.07, 6.45) is 0. The first kappa shape index (κ1) is 31.6. The number of hydrogen-bond donors (Lipinski definition) is 0. The second-order valence-corrected chi connectivity index (χ2v) is 13.7. The van der Waals surface area contributed by atoms with Gasteiger partial charge >= 0.3 is 0 Å². The van der Waals surface area contributed by atoms with E-state index in [4.69, 9.17) is 9.97 Å². The normalized spacial score (nSPS) is 11.3. The van der Waals surface area contributed by atoms with Crippen molar-refractivity contribution in [2.24, 2.45) is 0 Å². The molecule has 1 heterocycles. The highest BCUT2D eigenvalue weighted by atomic mass is 14.9. The molecule has 54 heavy (non-hydrogen) atoms. The van der Waals surface area contributed by atoms with E-state index in [0.717, 1.165) is 39.2 Å². The van der Waals surface area contributed by atoms with Crippen LogP contribution >= 0.6 is 0 Å². The predicted molar refractivity (Wildman–Crippen MR) is 227 cm³/mol. The lowest BCUT2D eigenvalue weighted by Crippen LogP contribution is -1.97. The molecule has 0 aliphatic carbocycles. The second-order valence-electron chi connectivity index (χ2n) is 13.7. The van der Waals surface area contributed by atoms with Crippen LogP contribution in [0.3, 0.4) is 0 Å². The molecule has 10 rings (SSSR count). The van der Waals surface area contributed by atoms with E-state index in [1.54, 1.807) is 0 Å². The summed E-state index contributed by atoms with van der Waals surface area (Å²) >= 11 is 0. The van der Waals surface area contributed by atoms with Crippen molar-refractivity contribution >= 4 is 32.3 Å². The average Bonchev–Trinajstić information content (AvgIpc) is 3.26. The molecule has 0 N–H and O–H groups in total. The highest BCUT2D eigenvalue weighted by molar-refractivity contribution is 6.20. The first-order valence-electron chi connectivity index (χ1n) is 18.4. The van der Waals surface area contributed by atoms with Crippen LogP contribution in [-0.2, 0) is 0 Å². The summed E-state index contributed by atoms with van der Waals surface area (Å²) in [6, 6.07) is 73.4. The minimum Gasteiger partial charge on any atom is -0.228 e. The maximum absolute atomic E-state index is 5.20. The van der Waals surface area contributed by atoms with Crippen LogP contribution in [0.15, 0.2) is 206 Å². The highest BCUT2D eigenvalue weighted by Gasteiger charge is 2.16. The maximum Gasteiger partial charge on any atom is 0.160 e. The SMILES string of the molecule is c1ccc(-c2ccc(-c3ccccc3-c3cc(-c4ccc(-c5c6ccccc6cc6c5ccc5ccccc56)cc4)nc(-c4ccccc4)n3)cc2)cc1. The van der Waals surface area contributed by atoms with Gasteiger partial charge in [0, 0.05) is 16.7 Å². The van der Waals surface area contributed by atoms with Gasteiger partial charge < -0.3 is 0 Å². The van der Waals surface area contributed by atoms with E-state index in [-0.39, 0.29) is 0 Å². The highest BCUT2D eigenvalue weighted by Crippen LogP contribution is 2.40. The summed E-state index contributed by atoms with van der Waals surface area (Å²) in [7, 11) is 0. The molecule has 252 valence electrons. The van der Waals surface area contributed by atoms with E-state index in [1.165, 1.54) is 54.6 Å². The van der Waals surface area contributed by atoms with E-state index in [1.807, 2.05) is 18.2 Å². The summed E-state index contributed by atoms with van der Waals surface area (Å²) in [4.78, 5) is 10.4. The van der Waals surface area contributed by atoms with Crippen LogP contribution < -0.4 is 0 Å². The summed E-state index contributed by atoms with van der Waals surface area (Å²) in [5, 5.41) is 7.53. The van der Waals surface area contributed by atoms with Gasteiger partial charge in [0.1, 0.15) is 0 Å².